The minimum Gasteiger partial charge on any atom is -0.376 e. The number of hydrogen-bond acceptors (Lipinski definition) is 7. The van der Waals surface area contributed by atoms with Crippen LogP contribution in [0.2, 0.25) is 0 Å². The van der Waals surface area contributed by atoms with E-state index in [1.165, 1.54) is 10.7 Å². The zero-order valence-electron chi connectivity index (χ0n) is 19.3. The van der Waals surface area contributed by atoms with Crippen LogP contribution in [0.1, 0.15) is 49.0 Å². The number of amides is 1. The summed E-state index contributed by atoms with van der Waals surface area (Å²) >= 11 is 0. The van der Waals surface area contributed by atoms with Gasteiger partial charge in [-0.25, -0.2) is 9.37 Å². The van der Waals surface area contributed by atoms with Crippen molar-refractivity contribution in [2.75, 3.05) is 24.8 Å². The first-order valence-electron chi connectivity index (χ1n) is 11.4. The van der Waals surface area contributed by atoms with Gasteiger partial charge >= 0.3 is 0 Å². The molecule has 3 aromatic rings. The Morgan fingerprint density at radius 1 is 1.35 bits per heavy atom. The third-order valence-electron chi connectivity index (χ3n) is 7.10. The number of anilines is 3. The predicted octanol–water partition coefficient (Wildman–Crippen LogP) is 2.65. The minimum absolute atomic E-state index is 0.0942. The van der Waals surface area contributed by atoms with Gasteiger partial charge in [-0.1, -0.05) is 0 Å². The molecule has 2 atom stereocenters. The van der Waals surface area contributed by atoms with Gasteiger partial charge in [0.2, 0.25) is 0 Å². The number of nitrogens with one attached hydrogen (secondary N) is 3. The summed E-state index contributed by atoms with van der Waals surface area (Å²) in [5.41, 5.74) is 0.354. The highest BCUT2D eigenvalue weighted by molar-refractivity contribution is 6.00. The molecule has 2 saturated carbocycles. The van der Waals surface area contributed by atoms with Crippen molar-refractivity contribution in [3.63, 3.8) is 0 Å². The largest absolute Gasteiger partial charge is 0.376 e. The minimum atomic E-state index is -0.857. The number of carbonyl (C=O) groups excluding carboxylic acids is 1. The maximum Gasteiger partial charge on any atom is 0.274 e. The van der Waals surface area contributed by atoms with Crippen molar-refractivity contribution in [1.82, 2.24) is 24.5 Å². The molecule has 0 aromatic carbocycles. The van der Waals surface area contributed by atoms with Gasteiger partial charge in [0.25, 0.3) is 11.5 Å². The van der Waals surface area contributed by atoms with E-state index in [2.05, 4.69) is 26.0 Å². The molecule has 3 aromatic heterocycles. The molecule has 2 aliphatic rings. The van der Waals surface area contributed by atoms with Gasteiger partial charge in [0.15, 0.2) is 5.65 Å². The number of fused-ring (bicyclic) bond motifs is 1. The predicted molar refractivity (Wildman–Crippen MR) is 126 cm³/mol. The second-order valence-electron chi connectivity index (χ2n) is 9.13. The lowest BCUT2D eigenvalue weighted by molar-refractivity contribution is -0.0828. The number of rotatable bonds is 7. The van der Waals surface area contributed by atoms with E-state index in [9.17, 15) is 14.0 Å². The van der Waals surface area contributed by atoms with Crippen LogP contribution in [0.4, 0.5) is 21.7 Å². The maximum absolute atomic E-state index is 13.3. The van der Waals surface area contributed by atoms with E-state index < -0.39 is 6.17 Å². The molecule has 2 aliphatic carbocycles. The summed E-state index contributed by atoms with van der Waals surface area (Å²) < 4.78 is 21.9. The summed E-state index contributed by atoms with van der Waals surface area (Å²) in [5, 5.41) is 13.4. The lowest BCUT2D eigenvalue weighted by Gasteiger charge is -2.45. The Bertz CT molecular complexity index is 1300. The zero-order chi connectivity index (χ0) is 24.0. The SMILES string of the molecule is CNc1cc(Nc2cccn(C3CC(F)C3)c2=O)nc2c(C(=O)NC3CC[C@]3(C)OC)cnn12. The van der Waals surface area contributed by atoms with Crippen molar-refractivity contribution in [1.29, 1.82) is 0 Å². The van der Waals surface area contributed by atoms with Gasteiger partial charge < -0.3 is 25.3 Å². The van der Waals surface area contributed by atoms with Crippen LogP contribution in [0.3, 0.4) is 0 Å². The average Bonchev–Trinajstić information content (AvgIpc) is 3.24. The molecule has 34 heavy (non-hydrogen) atoms. The third-order valence-corrected chi connectivity index (χ3v) is 7.10. The highest BCUT2D eigenvalue weighted by Gasteiger charge is 2.44. The molecule has 3 N–H and O–H groups in total. The summed E-state index contributed by atoms with van der Waals surface area (Å²) in [5.74, 6) is 0.679. The zero-order valence-corrected chi connectivity index (χ0v) is 19.3. The number of ether oxygens (including phenoxy) is 1. The van der Waals surface area contributed by atoms with Crippen LogP contribution in [0.25, 0.3) is 5.65 Å². The van der Waals surface area contributed by atoms with Gasteiger partial charge in [-0.05, 0) is 44.7 Å². The van der Waals surface area contributed by atoms with Crippen LogP contribution >= 0.6 is 0 Å². The van der Waals surface area contributed by atoms with Gasteiger partial charge in [-0.3, -0.25) is 9.59 Å². The Morgan fingerprint density at radius 3 is 2.79 bits per heavy atom. The molecule has 5 rings (SSSR count). The molecular formula is C23H28FN7O3. The Kier molecular flexibility index (Phi) is 5.51. The fourth-order valence-electron chi connectivity index (χ4n) is 4.54. The van der Waals surface area contributed by atoms with Crippen LogP contribution in [-0.2, 0) is 4.74 Å². The highest BCUT2D eigenvalue weighted by atomic mass is 19.1. The first-order chi connectivity index (χ1) is 16.3. The van der Waals surface area contributed by atoms with Crippen LogP contribution in [0.5, 0.6) is 0 Å². The number of alkyl halides is 1. The third kappa shape index (κ3) is 3.69. The van der Waals surface area contributed by atoms with Gasteiger partial charge in [-0.15, -0.1) is 0 Å². The smallest absolute Gasteiger partial charge is 0.274 e. The molecule has 1 amide bonds. The molecule has 3 heterocycles. The lowest BCUT2D eigenvalue weighted by Crippen LogP contribution is -2.59. The number of pyridine rings is 1. The van der Waals surface area contributed by atoms with Crippen LogP contribution in [0, 0.1) is 0 Å². The maximum atomic E-state index is 13.3. The normalized spacial score (nSPS) is 25.9. The van der Waals surface area contributed by atoms with E-state index in [1.807, 2.05) is 6.92 Å². The molecule has 0 aliphatic heterocycles. The van der Waals surface area contributed by atoms with Crippen LogP contribution in [-0.4, -0.2) is 57.0 Å². The fraction of sp³-hybridized carbons (Fsp3) is 0.478. The van der Waals surface area contributed by atoms with E-state index in [0.29, 0.717) is 41.4 Å². The molecule has 1 unspecified atom stereocenters. The van der Waals surface area contributed by atoms with Crippen molar-refractivity contribution >= 4 is 28.9 Å². The monoisotopic (exact) mass is 469 g/mol. The topological polar surface area (TPSA) is 115 Å². The van der Waals surface area contributed by atoms with Crippen molar-refractivity contribution < 1.29 is 13.9 Å². The van der Waals surface area contributed by atoms with Crippen molar-refractivity contribution in [2.24, 2.45) is 0 Å². The quantitative estimate of drug-likeness (QED) is 0.487. The molecule has 0 bridgehead atoms. The second-order valence-corrected chi connectivity index (χ2v) is 9.13. The Morgan fingerprint density at radius 2 is 2.15 bits per heavy atom. The fourth-order valence-corrected chi connectivity index (χ4v) is 4.54. The number of carbonyl (C=O) groups is 1. The molecule has 2 fully saturated rings. The molecule has 0 saturated heterocycles. The second kappa shape index (κ2) is 8.39. The van der Waals surface area contributed by atoms with Crippen molar-refractivity contribution in [3.05, 3.63) is 46.5 Å². The molecule has 10 nitrogen and oxygen atoms in total. The van der Waals surface area contributed by atoms with Gasteiger partial charge in [0.1, 0.15) is 29.1 Å². The van der Waals surface area contributed by atoms with E-state index in [-0.39, 0.29) is 29.2 Å². The molecule has 180 valence electrons. The van der Waals surface area contributed by atoms with E-state index >= 15 is 0 Å². The van der Waals surface area contributed by atoms with Crippen LogP contribution in [0.15, 0.2) is 35.4 Å². The van der Waals surface area contributed by atoms with Gasteiger partial charge in [0.05, 0.1) is 17.8 Å². The lowest BCUT2D eigenvalue weighted by atomic mass is 9.76. The summed E-state index contributed by atoms with van der Waals surface area (Å²) in [4.78, 5) is 30.6. The molecule has 0 radical (unpaired) electrons. The van der Waals surface area contributed by atoms with Crippen LogP contribution < -0.4 is 21.5 Å². The van der Waals surface area contributed by atoms with E-state index in [0.717, 1.165) is 12.8 Å². The average molecular weight is 470 g/mol. The molecule has 0 spiro atoms. The summed E-state index contributed by atoms with van der Waals surface area (Å²) in [6.45, 7) is 1.97. The molecule has 11 heteroatoms. The number of aromatic nitrogens is 4. The summed E-state index contributed by atoms with van der Waals surface area (Å²) in [7, 11) is 3.38. The highest BCUT2D eigenvalue weighted by Crippen LogP contribution is 2.35. The molecular weight excluding hydrogens is 441 g/mol. The van der Waals surface area contributed by atoms with E-state index in [1.54, 1.807) is 43.1 Å². The Labute approximate surface area is 195 Å². The first kappa shape index (κ1) is 22.3. The summed E-state index contributed by atoms with van der Waals surface area (Å²) in [6, 6.07) is 4.87. The number of halogens is 1. The van der Waals surface area contributed by atoms with E-state index in [4.69, 9.17) is 4.74 Å². The summed E-state index contributed by atoms with van der Waals surface area (Å²) in [6.07, 6.45) is 4.69. The number of nitrogens with zero attached hydrogens (tertiary/aromatic N) is 4. The first-order valence-corrected chi connectivity index (χ1v) is 11.4. The standard InChI is InChI=1S/C23H28FN7O3/c1-23(34-3)7-6-17(23)28-21(32)15-12-26-31-19(25-2)11-18(29-20(15)31)27-16-5-4-8-30(22(16)33)14-9-13(24)10-14/h4-5,8,11-14,17,25H,6-7,9-10H2,1-3H3,(H,27,29)(H,28,32)/t13?,14?,17?,23-/m0/s1. The number of methoxy groups -OCH3 is 1. The van der Waals surface area contributed by atoms with Crippen molar-refractivity contribution in [3.8, 4) is 0 Å². The van der Waals surface area contributed by atoms with Gasteiger partial charge in [-0.2, -0.15) is 9.61 Å². The van der Waals surface area contributed by atoms with Gasteiger partial charge in [0, 0.05) is 32.5 Å². The Hall–Kier alpha value is -3.47. The Balaban J connectivity index is 1.45. The van der Waals surface area contributed by atoms with Crippen molar-refractivity contribution in [2.45, 2.75) is 56.5 Å². The number of hydrogen-bond donors (Lipinski definition) is 3.